The summed E-state index contributed by atoms with van der Waals surface area (Å²) in [6.45, 7) is 4.76. The molecule has 1 N–H and O–H groups in total. The largest absolute Gasteiger partial charge is 0.363 e. The van der Waals surface area contributed by atoms with Crippen molar-refractivity contribution in [3.8, 4) is 0 Å². The van der Waals surface area contributed by atoms with Crippen molar-refractivity contribution < 1.29 is 0 Å². The van der Waals surface area contributed by atoms with Crippen LogP contribution in [0.1, 0.15) is 19.9 Å². The van der Waals surface area contributed by atoms with Crippen LogP contribution in [-0.2, 0) is 0 Å². The number of nitrogens with zero attached hydrogens (tertiary/aromatic N) is 2. The smallest absolute Gasteiger partial charge is 0.328 e. The van der Waals surface area contributed by atoms with E-state index in [9.17, 15) is 9.59 Å². The Hall–Kier alpha value is -0.940. The third-order valence-corrected chi connectivity index (χ3v) is 2.89. The minimum Gasteiger partial charge on any atom is -0.363 e. The van der Waals surface area contributed by atoms with Crippen molar-refractivity contribution in [3.05, 3.63) is 27.0 Å². The van der Waals surface area contributed by atoms with E-state index in [1.54, 1.807) is 11.1 Å². The minimum atomic E-state index is -0.410. The molecule has 0 atom stereocenters. The van der Waals surface area contributed by atoms with Crippen molar-refractivity contribution in [2.75, 3.05) is 29.7 Å². The lowest BCUT2D eigenvalue weighted by atomic mass is 10.3. The van der Waals surface area contributed by atoms with Crippen molar-refractivity contribution in [1.29, 1.82) is 0 Å². The number of rotatable bonds is 6. The third-order valence-electron chi connectivity index (χ3n) is 2.55. The van der Waals surface area contributed by atoms with Crippen LogP contribution in [0, 0.1) is 0 Å². The Bertz CT molecular complexity index is 490. The molecule has 7 heteroatoms. The van der Waals surface area contributed by atoms with Crippen LogP contribution < -0.4 is 16.1 Å². The predicted molar refractivity (Wildman–Crippen MR) is 75.4 cm³/mol. The molecule has 18 heavy (non-hydrogen) atoms. The number of hydrogen-bond donors (Lipinski definition) is 1. The van der Waals surface area contributed by atoms with Gasteiger partial charge in [-0.25, -0.2) is 4.79 Å². The van der Waals surface area contributed by atoms with E-state index in [1.165, 1.54) is 4.57 Å². The summed E-state index contributed by atoms with van der Waals surface area (Å²) < 4.78 is 1.48. The first-order valence-corrected chi connectivity index (χ1v) is 6.80. The Balaban J connectivity index is 3.25. The number of nitrogens with one attached hydrogen (secondary N) is 1. The fourth-order valence-electron chi connectivity index (χ4n) is 1.64. The number of halogens is 2. The summed E-state index contributed by atoms with van der Waals surface area (Å²) in [4.78, 5) is 27.5. The van der Waals surface area contributed by atoms with Crippen LogP contribution >= 0.6 is 23.2 Å². The first-order chi connectivity index (χ1) is 8.51. The molecule has 0 saturated carbocycles. The van der Waals surface area contributed by atoms with E-state index < -0.39 is 11.2 Å². The Labute approximate surface area is 115 Å². The Morgan fingerprint density at radius 1 is 1.28 bits per heavy atom. The molecule has 1 aromatic heterocycles. The maximum absolute atomic E-state index is 11.8. The second-order valence-corrected chi connectivity index (χ2v) is 4.90. The van der Waals surface area contributed by atoms with E-state index >= 15 is 0 Å². The molecule has 0 radical (unpaired) electrons. The molecular weight excluding hydrogens is 277 g/mol. The number of anilines is 1. The van der Waals surface area contributed by atoms with Crippen LogP contribution in [0.2, 0.25) is 0 Å². The molecule has 1 aromatic rings. The number of aromatic nitrogens is 2. The average Bonchev–Trinajstić information content (AvgIpc) is 2.28. The van der Waals surface area contributed by atoms with Gasteiger partial charge in [0.2, 0.25) is 0 Å². The normalized spacial score (nSPS) is 10.9. The number of alkyl halides is 2. The highest BCUT2D eigenvalue weighted by Crippen LogP contribution is 2.09. The molecule has 0 saturated heterocycles. The van der Waals surface area contributed by atoms with E-state index in [2.05, 4.69) is 4.98 Å². The maximum Gasteiger partial charge on any atom is 0.328 e. The van der Waals surface area contributed by atoms with Crippen LogP contribution in [0.3, 0.4) is 0 Å². The second-order valence-electron chi connectivity index (χ2n) is 4.14. The van der Waals surface area contributed by atoms with Crippen LogP contribution in [0.5, 0.6) is 0 Å². The second kappa shape index (κ2) is 6.85. The average molecular weight is 294 g/mol. The van der Waals surface area contributed by atoms with Crippen LogP contribution in [0.4, 0.5) is 5.69 Å². The first kappa shape index (κ1) is 15.1. The third kappa shape index (κ3) is 3.53. The molecular formula is C11H17Cl2N3O2. The summed E-state index contributed by atoms with van der Waals surface area (Å²) in [6, 6.07) is -0.0260. The monoisotopic (exact) mass is 293 g/mol. The van der Waals surface area contributed by atoms with E-state index in [-0.39, 0.29) is 6.04 Å². The minimum absolute atomic E-state index is 0.0260. The summed E-state index contributed by atoms with van der Waals surface area (Å²) >= 11 is 11.4. The van der Waals surface area contributed by atoms with Gasteiger partial charge in [0.25, 0.3) is 5.56 Å². The molecule has 0 aliphatic heterocycles. The van der Waals surface area contributed by atoms with Gasteiger partial charge in [-0.3, -0.25) is 14.3 Å². The van der Waals surface area contributed by atoms with Gasteiger partial charge >= 0.3 is 5.69 Å². The predicted octanol–water partition coefficient (Wildman–Crippen LogP) is 1.40. The van der Waals surface area contributed by atoms with Crippen molar-refractivity contribution in [3.63, 3.8) is 0 Å². The molecule has 0 aliphatic carbocycles. The van der Waals surface area contributed by atoms with Gasteiger partial charge in [-0.2, -0.15) is 0 Å². The van der Waals surface area contributed by atoms with E-state index in [0.717, 1.165) is 0 Å². The van der Waals surface area contributed by atoms with Crippen molar-refractivity contribution in [2.45, 2.75) is 19.9 Å². The summed E-state index contributed by atoms with van der Waals surface area (Å²) in [5.41, 5.74) is -0.396. The highest BCUT2D eigenvalue weighted by Gasteiger charge is 2.13. The maximum atomic E-state index is 11.8. The lowest BCUT2D eigenvalue weighted by molar-refractivity contribution is 0.559. The van der Waals surface area contributed by atoms with Gasteiger partial charge in [0, 0.05) is 37.1 Å². The summed E-state index contributed by atoms with van der Waals surface area (Å²) in [5, 5.41) is 0. The summed E-state index contributed by atoms with van der Waals surface area (Å²) in [7, 11) is 0. The molecule has 102 valence electrons. The van der Waals surface area contributed by atoms with Gasteiger partial charge in [0.15, 0.2) is 0 Å². The van der Waals surface area contributed by atoms with Crippen molar-refractivity contribution >= 4 is 28.9 Å². The summed E-state index contributed by atoms with van der Waals surface area (Å²) in [5.74, 6) is 0.772. The number of hydrogen-bond acceptors (Lipinski definition) is 3. The van der Waals surface area contributed by atoms with Crippen molar-refractivity contribution in [2.24, 2.45) is 0 Å². The van der Waals surface area contributed by atoms with E-state index in [0.29, 0.717) is 30.5 Å². The highest BCUT2D eigenvalue weighted by atomic mass is 35.5. The van der Waals surface area contributed by atoms with Gasteiger partial charge in [-0.15, -0.1) is 23.2 Å². The molecule has 1 heterocycles. The molecule has 1 rings (SSSR count). The standard InChI is InChI=1S/C11H17Cl2N3O2/c1-8(2)16-7-9(10(17)14-11(16)18)15(5-3-12)6-4-13/h7-8H,3-6H2,1-2H3,(H,14,17,18). The Morgan fingerprint density at radius 3 is 2.28 bits per heavy atom. The molecule has 0 amide bonds. The van der Waals surface area contributed by atoms with Crippen LogP contribution in [0.15, 0.2) is 15.8 Å². The molecule has 5 nitrogen and oxygen atoms in total. The Kier molecular flexibility index (Phi) is 5.75. The lowest BCUT2D eigenvalue weighted by Crippen LogP contribution is -2.38. The van der Waals surface area contributed by atoms with Gasteiger partial charge in [-0.05, 0) is 13.8 Å². The molecule has 0 aromatic carbocycles. The van der Waals surface area contributed by atoms with E-state index in [4.69, 9.17) is 23.2 Å². The number of H-pyrrole nitrogens is 1. The van der Waals surface area contributed by atoms with Crippen molar-refractivity contribution in [1.82, 2.24) is 9.55 Å². The topological polar surface area (TPSA) is 58.1 Å². The Morgan fingerprint density at radius 2 is 1.83 bits per heavy atom. The van der Waals surface area contributed by atoms with Gasteiger partial charge in [0.05, 0.1) is 0 Å². The van der Waals surface area contributed by atoms with Gasteiger partial charge in [0.1, 0.15) is 5.69 Å². The van der Waals surface area contributed by atoms with Gasteiger partial charge < -0.3 is 4.90 Å². The molecule has 0 aliphatic rings. The van der Waals surface area contributed by atoms with Gasteiger partial charge in [-0.1, -0.05) is 0 Å². The quantitative estimate of drug-likeness (QED) is 0.807. The summed E-state index contributed by atoms with van der Waals surface area (Å²) in [6.07, 6.45) is 1.56. The zero-order chi connectivity index (χ0) is 13.7. The SMILES string of the molecule is CC(C)n1cc(N(CCCl)CCCl)c(=O)[nH]c1=O. The van der Waals surface area contributed by atoms with Crippen LogP contribution in [0.25, 0.3) is 0 Å². The van der Waals surface area contributed by atoms with E-state index in [1.807, 2.05) is 13.8 Å². The highest BCUT2D eigenvalue weighted by molar-refractivity contribution is 6.18. The fraction of sp³-hybridized carbons (Fsp3) is 0.636. The lowest BCUT2D eigenvalue weighted by Gasteiger charge is -2.23. The zero-order valence-corrected chi connectivity index (χ0v) is 12.0. The molecule has 0 unspecified atom stereocenters. The fourth-order valence-corrected chi connectivity index (χ4v) is 2.05. The number of aromatic amines is 1. The van der Waals surface area contributed by atoms with Crippen LogP contribution in [-0.4, -0.2) is 34.4 Å². The zero-order valence-electron chi connectivity index (χ0n) is 10.4. The molecule has 0 spiro atoms. The first-order valence-electron chi connectivity index (χ1n) is 5.73. The molecule has 0 bridgehead atoms. The molecule has 0 fully saturated rings.